The second-order valence-corrected chi connectivity index (χ2v) is 5.53. The molecule has 0 saturated carbocycles. The van der Waals surface area contributed by atoms with E-state index in [-0.39, 0.29) is 17.6 Å². The summed E-state index contributed by atoms with van der Waals surface area (Å²) in [7, 11) is 1.40. The standard InChI is InChI=1S/C19H18O6/c1-12-10-16(22-2)17(18(21)25-12)15(20)7-6-13-4-3-5-14(11-13)19-23-8-9-24-19/h3-7,10-11,19H,8-9H2,1-2H3/b7-6+. The second kappa shape index (κ2) is 7.46. The number of carbonyl (C=O) groups excluding carboxylic acids is 1. The minimum atomic E-state index is -0.715. The molecule has 0 radical (unpaired) electrons. The molecule has 1 aromatic carbocycles. The van der Waals surface area contributed by atoms with E-state index in [0.717, 1.165) is 11.1 Å². The fourth-order valence-corrected chi connectivity index (χ4v) is 2.58. The number of hydrogen-bond acceptors (Lipinski definition) is 6. The van der Waals surface area contributed by atoms with Gasteiger partial charge in [0.05, 0.1) is 20.3 Å². The van der Waals surface area contributed by atoms with E-state index in [1.165, 1.54) is 19.3 Å². The molecule has 2 aromatic rings. The Morgan fingerprint density at radius 1 is 1.24 bits per heavy atom. The molecule has 0 aliphatic carbocycles. The summed E-state index contributed by atoms with van der Waals surface area (Å²) in [5, 5.41) is 0. The van der Waals surface area contributed by atoms with Crippen LogP contribution in [0.2, 0.25) is 0 Å². The lowest BCUT2D eigenvalue weighted by atomic mass is 10.1. The second-order valence-electron chi connectivity index (χ2n) is 5.53. The van der Waals surface area contributed by atoms with E-state index in [4.69, 9.17) is 18.6 Å². The van der Waals surface area contributed by atoms with Gasteiger partial charge in [-0.05, 0) is 24.6 Å². The molecule has 0 amide bonds. The molecular formula is C19H18O6. The Hall–Kier alpha value is -2.70. The van der Waals surface area contributed by atoms with Crippen LogP contribution in [0.1, 0.15) is 33.5 Å². The summed E-state index contributed by atoms with van der Waals surface area (Å²) in [6.45, 7) is 2.74. The van der Waals surface area contributed by atoms with Gasteiger partial charge >= 0.3 is 5.63 Å². The maximum atomic E-state index is 12.4. The third-order valence-electron chi connectivity index (χ3n) is 3.74. The van der Waals surface area contributed by atoms with Crippen LogP contribution < -0.4 is 10.4 Å². The maximum absolute atomic E-state index is 12.4. The van der Waals surface area contributed by atoms with Crippen LogP contribution in [0.15, 0.2) is 45.6 Å². The number of methoxy groups -OCH3 is 1. The predicted molar refractivity (Wildman–Crippen MR) is 90.7 cm³/mol. The first kappa shape index (κ1) is 17.1. The number of ketones is 1. The fraction of sp³-hybridized carbons (Fsp3) is 0.263. The van der Waals surface area contributed by atoms with Gasteiger partial charge in [0, 0.05) is 11.6 Å². The Labute approximate surface area is 144 Å². The fourth-order valence-electron chi connectivity index (χ4n) is 2.58. The molecule has 1 aliphatic rings. The van der Waals surface area contributed by atoms with E-state index >= 15 is 0 Å². The Morgan fingerprint density at radius 2 is 2.00 bits per heavy atom. The molecule has 1 aromatic heterocycles. The highest BCUT2D eigenvalue weighted by Gasteiger charge is 2.19. The highest BCUT2D eigenvalue weighted by Crippen LogP contribution is 2.24. The summed E-state index contributed by atoms with van der Waals surface area (Å²) in [6, 6.07) is 8.97. The molecule has 1 fully saturated rings. The third kappa shape index (κ3) is 3.87. The molecule has 0 unspecified atom stereocenters. The van der Waals surface area contributed by atoms with Crippen molar-refractivity contribution in [3.63, 3.8) is 0 Å². The van der Waals surface area contributed by atoms with Gasteiger partial charge in [-0.3, -0.25) is 4.79 Å². The van der Waals surface area contributed by atoms with Gasteiger partial charge in [0.25, 0.3) is 0 Å². The van der Waals surface area contributed by atoms with Crippen molar-refractivity contribution < 1.29 is 23.4 Å². The Kier molecular flexibility index (Phi) is 5.11. The molecule has 25 heavy (non-hydrogen) atoms. The van der Waals surface area contributed by atoms with Crippen LogP contribution in [-0.4, -0.2) is 26.1 Å². The molecule has 0 spiro atoms. The monoisotopic (exact) mass is 342 g/mol. The van der Waals surface area contributed by atoms with Crippen LogP contribution in [0.3, 0.4) is 0 Å². The molecule has 0 atom stereocenters. The van der Waals surface area contributed by atoms with Gasteiger partial charge in [-0.15, -0.1) is 0 Å². The first-order valence-electron chi connectivity index (χ1n) is 7.83. The largest absolute Gasteiger partial charge is 0.496 e. The highest BCUT2D eigenvalue weighted by atomic mass is 16.7. The number of rotatable bonds is 5. The molecule has 130 valence electrons. The number of hydrogen-bond donors (Lipinski definition) is 0. The summed E-state index contributed by atoms with van der Waals surface area (Å²) >= 11 is 0. The van der Waals surface area contributed by atoms with Gasteiger partial charge in [-0.25, -0.2) is 4.79 Å². The summed E-state index contributed by atoms with van der Waals surface area (Å²) in [5.41, 5.74) is 0.830. The van der Waals surface area contributed by atoms with Crippen molar-refractivity contribution in [3.05, 3.63) is 69.3 Å². The summed E-state index contributed by atoms with van der Waals surface area (Å²) in [6.07, 6.45) is 2.56. The van der Waals surface area contributed by atoms with E-state index in [1.54, 1.807) is 13.0 Å². The van der Waals surface area contributed by atoms with Crippen LogP contribution in [0, 0.1) is 6.92 Å². The normalized spacial score (nSPS) is 15.0. The van der Waals surface area contributed by atoms with Gasteiger partial charge in [0.1, 0.15) is 17.1 Å². The SMILES string of the molecule is COc1cc(C)oc(=O)c1C(=O)/C=C/c1cccc(C2OCCO2)c1. The van der Waals surface area contributed by atoms with Crippen molar-refractivity contribution >= 4 is 11.9 Å². The molecule has 3 rings (SSSR count). The van der Waals surface area contributed by atoms with Crippen LogP contribution in [0.25, 0.3) is 6.08 Å². The smallest absolute Gasteiger partial charge is 0.351 e. The molecule has 0 bridgehead atoms. The number of benzene rings is 1. The van der Waals surface area contributed by atoms with Crippen molar-refractivity contribution in [1.29, 1.82) is 0 Å². The van der Waals surface area contributed by atoms with E-state index in [9.17, 15) is 9.59 Å². The zero-order valence-corrected chi connectivity index (χ0v) is 14.0. The van der Waals surface area contributed by atoms with E-state index < -0.39 is 11.4 Å². The van der Waals surface area contributed by atoms with Crippen molar-refractivity contribution in [2.75, 3.05) is 20.3 Å². The summed E-state index contributed by atoms with van der Waals surface area (Å²) in [4.78, 5) is 24.4. The molecule has 6 nitrogen and oxygen atoms in total. The van der Waals surface area contributed by atoms with Crippen LogP contribution in [0.4, 0.5) is 0 Å². The molecule has 2 heterocycles. The maximum Gasteiger partial charge on any atom is 0.351 e. The predicted octanol–water partition coefficient (Wildman–Crippen LogP) is 2.90. The molecule has 1 saturated heterocycles. The van der Waals surface area contributed by atoms with Crippen molar-refractivity contribution in [2.24, 2.45) is 0 Å². The minimum Gasteiger partial charge on any atom is -0.496 e. The number of aryl methyl sites for hydroxylation is 1. The molecule has 6 heteroatoms. The lowest BCUT2D eigenvalue weighted by Gasteiger charge is -2.09. The third-order valence-corrected chi connectivity index (χ3v) is 3.74. The van der Waals surface area contributed by atoms with Crippen LogP contribution in [-0.2, 0) is 9.47 Å². The average Bonchev–Trinajstić information content (AvgIpc) is 3.14. The van der Waals surface area contributed by atoms with E-state index in [1.807, 2.05) is 24.3 Å². The molecular weight excluding hydrogens is 324 g/mol. The van der Waals surface area contributed by atoms with Gasteiger partial charge in [-0.2, -0.15) is 0 Å². The Bertz CT molecular complexity index is 858. The molecule has 1 aliphatic heterocycles. The first-order chi connectivity index (χ1) is 12.1. The summed E-state index contributed by atoms with van der Waals surface area (Å²) in [5.74, 6) is 0.0981. The number of carbonyl (C=O) groups is 1. The zero-order valence-electron chi connectivity index (χ0n) is 14.0. The highest BCUT2D eigenvalue weighted by molar-refractivity contribution is 6.08. The zero-order chi connectivity index (χ0) is 17.8. The Balaban J connectivity index is 1.84. The lowest BCUT2D eigenvalue weighted by molar-refractivity contribution is -0.0441. The van der Waals surface area contributed by atoms with Crippen molar-refractivity contribution in [1.82, 2.24) is 0 Å². The average molecular weight is 342 g/mol. The number of allylic oxidation sites excluding steroid dienone is 1. The van der Waals surface area contributed by atoms with Crippen LogP contribution in [0.5, 0.6) is 5.75 Å². The van der Waals surface area contributed by atoms with E-state index in [2.05, 4.69) is 0 Å². The summed E-state index contributed by atoms with van der Waals surface area (Å²) < 4.78 is 21.0. The Morgan fingerprint density at radius 3 is 2.72 bits per heavy atom. The number of ether oxygens (including phenoxy) is 3. The molecule has 0 N–H and O–H groups in total. The quantitative estimate of drug-likeness (QED) is 0.614. The first-order valence-corrected chi connectivity index (χ1v) is 7.83. The van der Waals surface area contributed by atoms with Crippen LogP contribution >= 0.6 is 0 Å². The topological polar surface area (TPSA) is 75.0 Å². The van der Waals surface area contributed by atoms with Crippen molar-refractivity contribution in [2.45, 2.75) is 13.2 Å². The van der Waals surface area contributed by atoms with Gasteiger partial charge < -0.3 is 18.6 Å². The van der Waals surface area contributed by atoms with Crippen molar-refractivity contribution in [3.8, 4) is 5.75 Å². The minimum absolute atomic E-state index is 0.122. The van der Waals surface area contributed by atoms with Gasteiger partial charge in [0.2, 0.25) is 0 Å². The lowest BCUT2D eigenvalue weighted by Crippen LogP contribution is -2.14. The van der Waals surface area contributed by atoms with Gasteiger partial charge in [0.15, 0.2) is 12.1 Å². The van der Waals surface area contributed by atoms with Gasteiger partial charge in [-0.1, -0.05) is 24.3 Å². The van der Waals surface area contributed by atoms with E-state index in [0.29, 0.717) is 19.0 Å².